The van der Waals surface area contributed by atoms with Gasteiger partial charge in [-0.1, -0.05) is 0 Å². The summed E-state index contributed by atoms with van der Waals surface area (Å²) in [4.78, 5) is 0.106. The molecule has 4 nitrogen and oxygen atoms in total. The molecule has 0 aromatic heterocycles. The van der Waals surface area contributed by atoms with Crippen LogP contribution in [0.5, 0.6) is 0 Å². The molecule has 0 heterocycles. The summed E-state index contributed by atoms with van der Waals surface area (Å²) in [7, 11) is -3.57. The number of nitrogens with one attached hydrogen (secondary N) is 1. The summed E-state index contributed by atoms with van der Waals surface area (Å²) in [5.41, 5.74) is 0.766. The minimum atomic E-state index is -3.57. The Bertz CT molecular complexity index is 360. The monoisotopic (exact) mass is 250 g/mol. The lowest BCUT2D eigenvalue weighted by atomic mass is 10.3. The Morgan fingerprint density at radius 2 is 1.75 bits per heavy atom. The van der Waals surface area contributed by atoms with Crippen LogP contribution in [0, 0.1) is 0 Å². The molecule has 0 spiro atoms. The maximum absolute atomic E-state index is 10.8. The maximum atomic E-state index is 10.8. The van der Waals surface area contributed by atoms with E-state index in [1.165, 1.54) is 12.1 Å². The lowest BCUT2D eigenvalue weighted by Gasteiger charge is -1.99. The van der Waals surface area contributed by atoms with E-state index in [2.05, 4.69) is 20.5 Å². The second-order valence-electron chi connectivity index (χ2n) is 2.16. The largest absolute Gasteiger partial charge is 0.322 e. The van der Waals surface area contributed by atoms with E-state index in [1.54, 1.807) is 12.1 Å². The summed E-state index contributed by atoms with van der Waals surface area (Å²) in [6, 6.07) is 6.07. The number of rotatable bonds is 2. The van der Waals surface area contributed by atoms with Crippen LogP contribution in [0.25, 0.3) is 0 Å². The van der Waals surface area contributed by atoms with E-state index in [0.717, 1.165) is 5.69 Å². The van der Waals surface area contributed by atoms with Crippen molar-refractivity contribution < 1.29 is 8.42 Å². The molecule has 0 radical (unpaired) electrons. The van der Waals surface area contributed by atoms with E-state index in [9.17, 15) is 8.42 Å². The first-order valence-electron chi connectivity index (χ1n) is 3.03. The Morgan fingerprint density at radius 1 is 1.25 bits per heavy atom. The zero-order chi connectivity index (χ0) is 9.19. The number of halogens is 1. The van der Waals surface area contributed by atoms with Crippen LogP contribution in [-0.4, -0.2) is 8.42 Å². The zero-order valence-electron chi connectivity index (χ0n) is 5.99. The van der Waals surface area contributed by atoms with Gasteiger partial charge >= 0.3 is 0 Å². The van der Waals surface area contributed by atoms with Crippen molar-refractivity contribution in [3.05, 3.63) is 24.3 Å². The van der Waals surface area contributed by atoms with E-state index < -0.39 is 10.0 Å². The maximum Gasteiger partial charge on any atom is 0.238 e. The van der Waals surface area contributed by atoms with Gasteiger partial charge in [0.15, 0.2) is 0 Å². The summed E-state index contributed by atoms with van der Waals surface area (Å²) >= 11 is 3.00. The summed E-state index contributed by atoms with van der Waals surface area (Å²) in [6.07, 6.45) is 0. The molecule has 0 aliphatic rings. The highest BCUT2D eigenvalue weighted by atomic mass is 79.9. The van der Waals surface area contributed by atoms with Crippen molar-refractivity contribution in [3.8, 4) is 0 Å². The zero-order valence-corrected chi connectivity index (χ0v) is 8.39. The van der Waals surface area contributed by atoms with Gasteiger partial charge in [0.2, 0.25) is 10.0 Å². The fourth-order valence-electron chi connectivity index (χ4n) is 0.708. The van der Waals surface area contributed by atoms with Crippen LogP contribution in [0.1, 0.15) is 0 Å². The minimum Gasteiger partial charge on any atom is -0.322 e. The van der Waals surface area contributed by atoms with E-state index in [0.29, 0.717) is 0 Å². The van der Waals surface area contributed by atoms with Crippen molar-refractivity contribution in [2.75, 3.05) is 4.34 Å². The molecule has 0 saturated carbocycles. The van der Waals surface area contributed by atoms with Crippen molar-refractivity contribution in [3.63, 3.8) is 0 Å². The Balaban J connectivity index is 3.09. The van der Waals surface area contributed by atoms with Gasteiger partial charge in [0.05, 0.1) is 4.90 Å². The summed E-state index contributed by atoms with van der Waals surface area (Å²) in [5, 5.41) is 4.89. The van der Waals surface area contributed by atoms with Crippen LogP contribution in [0.3, 0.4) is 0 Å². The molecular weight excluding hydrogens is 244 g/mol. The quantitative estimate of drug-likeness (QED) is 0.772. The van der Waals surface area contributed by atoms with Gasteiger partial charge in [0.1, 0.15) is 0 Å². The summed E-state index contributed by atoms with van der Waals surface area (Å²) < 4.78 is 24.2. The van der Waals surface area contributed by atoms with Crippen molar-refractivity contribution in [1.82, 2.24) is 0 Å². The summed E-state index contributed by atoms with van der Waals surface area (Å²) in [5.74, 6) is 0. The molecule has 3 N–H and O–H groups in total. The van der Waals surface area contributed by atoms with Crippen LogP contribution in [-0.2, 0) is 10.0 Å². The van der Waals surface area contributed by atoms with E-state index in [1.807, 2.05) is 0 Å². The molecule has 0 fully saturated rings. The molecule has 0 bridgehead atoms. The second-order valence-corrected chi connectivity index (χ2v) is 4.12. The van der Waals surface area contributed by atoms with E-state index >= 15 is 0 Å². The van der Waals surface area contributed by atoms with E-state index in [-0.39, 0.29) is 4.90 Å². The first-order chi connectivity index (χ1) is 5.54. The molecule has 1 rings (SSSR count). The molecule has 1 aromatic carbocycles. The SMILES string of the molecule is NS(=O)(=O)c1ccc(NBr)cc1. The Kier molecular flexibility index (Phi) is 2.71. The Labute approximate surface area is 79.2 Å². The average Bonchev–Trinajstić information content (AvgIpc) is 2.03. The predicted molar refractivity (Wildman–Crippen MR) is 50.4 cm³/mol. The normalized spacial score (nSPS) is 11.2. The van der Waals surface area contributed by atoms with Crippen molar-refractivity contribution in [2.45, 2.75) is 4.90 Å². The van der Waals surface area contributed by atoms with Crippen LogP contribution in [0.2, 0.25) is 0 Å². The van der Waals surface area contributed by atoms with Gasteiger partial charge in [0, 0.05) is 21.8 Å². The molecule has 0 aliphatic heterocycles. The number of primary sulfonamides is 1. The van der Waals surface area contributed by atoms with Crippen molar-refractivity contribution in [1.29, 1.82) is 0 Å². The second kappa shape index (κ2) is 3.42. The van der Waals surface area contributed by atoms with Gasteiger partial charge in [-0.25, -0.2) is 13.6 Å². The van der Waals surface area contributed by atoms with Crippen LogP contribution >= 0.6 is 16.1 Å². The molecule has 0 aliphatic carbocycles. The number of anilines is 1. The highest BCUT2D eigenvalue weighted by Gasteiger charge is 2.05. The lowest BCUT2D eigenvalue weighted by molar-refractivity contribution is 0.598. The molecule has 0 atom stereocenters. The molecule has 1 aromatic rings. The molecule has 12 heavy (non-hydrogen) atoms. The molecule has 0 saturated heterocycles. The first kappa shape index (κ1) is 9.50. The van der Waals surface area contributed by atoms with Crippen LogP contribution in [0.15, 0.2) is 29.2 Å². The number of hydrogen-bond donors (Lipinski definition) is 2. The van der Waals surface area contributed by atoms with Gasteiger partial charge in [-0.05, 0) is 24.3 Å². The molecule has 0 amide bonds. The first-order valence-corrected chi connectivity index (χ1v) is 5.37. The smallest absolute Gasteiger partial charge is 0.238 e. The molecule has 6 heteroatoms. The number of nitrogens with two attached hydrogens (primary N) is 1. The van der Waals surface area contributed by atoms with Gasteiger partial charge in [-0.3, -0.25) is 0 Å². The third-order valence-corrected chi connectivity index (χ3v) is 2.68. The number of benzene rings is 1. The number of sulfonamides is 1. The predicted octanol–water partition coefficient (Wildman–Crippen LogP) is 1.06. The standard InChI is InChI=1S/C6H7BrN2O2S/c7-9-5-1-3-6(4-2-5)12(8,10)11/h1-4,9H,(H2,8,10,11). The van der Waals surface area contributed by atoms with Crippen molar-refractivity contribution >= 4 is 31.9 Å². The highest BCUT2D eigenvalue weighted by molar-refractivity contribution is 9.10. The Hall–Kier alpha value is -0.590. The average molecular weight is 251 g/mol. The van der Waals surface area contributed by atoms with Gasteiger partial charge in [0.25, 0.3) is 0 Å². The third kappa shape index (κ3) is 2.20. The topological polar surface area (TPSA) is 72.2 Å². The van der Waals surface area contributed by atoms with Gasteiger partial charge in [-0.2, -0.15) is 0 Å². The summed E-state index contributed by atoms with van der Waals surface area (Å²) in [6.45, 7) is 0. The number of hydrogen-bond acceptors (Lipinski definition) is 3. The third-order valence-electron chi connectivity index (χ3n) is 1.29. The van der Waals surface area contributed by atoms with Gasteiger partial charge in [-0.15, -0.1) is 0 Å². The van der Waals surface area contributed by atoms with Gasteiger partial charge < -0.3 is 4.34 Å². The highest BCUT2D eigenvalue weighted by Crippen LogP contribution is 2.13. The molecule has 66 valence electrons. The van der Waals surface area contributed by atoms with Crippen LogP contribution in [0.4, 0.5) is 5.69 Å². The van der Waals surface area contributed by atoms with Crippen LogP contribution < -0.4 is 9.48 Å². The molecular formula is C6H7BrN2O2S. The fourth-order valence-corrected chi connectivity index (χ4v) is 1.49. The molecule has 0 unspecified atom stereocenters. The van der Waals surface area contributed by atoms with E-state index in [4.69, 9.17) is 5.14 Å². The fraction of sp³-hybridized carbons (Fsp3) is 0. The minimum absolute atomic E-state index is 0.106. The lowest BCUT2D eigenvalue weighted by Crippen LogP contribution is -2.11. The van der Waals surface area contributed by atoms with Crippen molar-refractivity contribution in [2.24, 2.45) is 5.14 Å². The Morgan fingerprint density at radius 3 is 2.08 bits per heavy atom.